The van der Waals surface area contributed by atoms with Crippen LogP contribution in [0.5, 0.6) is 0 Å². The highest BCUT2D eigenvalue weighted by atomic mass is 15.0. The van der Waals surface area contributed by atoms with Gasteiger partial charge in [-0.2, -0.15) is 0 Å². The maximum atomic E-state index is 6.99. The van der Waals surface area contributed by atoms with Gasteiger partial charge in [0.1, 0.15) is 5.84 Å². The Morgan fingerprint density at radius 3 is 1.50 bits per heavy atom. The number of aromatic nitrogens is 2. The van der Waals surface area contributed by atoms with Gasteiger partial charge in [-0.3, -0.25) is 0 Å². The monoisotopic (exact) mass is 818 g/mol. The van der Waals surface area contributed by atoms with Gasteiger partial charge in [-0.15, -0.1) is 0 Å². The molecule has 2 heterocycles. The Bertz CT molecular complexity index is 3640. The van der Waals surface area contributed by atoms with E-state index in [9.17, 15) is 0 Å². The molecule has 0 spiro atoms. The van der Waals surface area contributed by atoms with E-state index in [1.807, 2.05) is 30.3 Å². The van der Waals surface area contributed by atoms with Gasteiger partial charge in [0.05, 0.1) is 27.8 Å². The number of nitrogens with two attached hydrogens (primary N) is 1. The fraction of sp³-hybridized carbons (Fsp3) is 0.0167. The van der Waals surface area contributed by atoms with Crippen LogP contribution in [0, 0.1) is 0 Å². The Hall–Kier alpha value is -8.47. The summed E-state index contributed by atoms with van der Waals surface area (Å²) < 4.78 is 4.86. The van der Waals surface area contributed by atoms with E-state index in [-0.39, 0.29) is 0 Å². The van der Waals surface area contributed by atoms with E-state index in [0.29, 0.717) is 12.3 Å². The molecule has 0 saturated carbocycles. The van der Waals surface area contributed by atoms with Crippen LogP contribution in [-0.4, -0.2) is 15.0 Å². The number of rotatable bonds is 8. The average Bonchev–Trinajstić information content (AvgIpc) is 3.89. The lowest BCUT2D eigenvalue weighted by molar-refractivity contribution is 1.13. The van der Waals surface area contributed by atoms with Gasteiger partial charge in [0, 0.05) is 44.0 Å². The molecule has 0 atom stereocenters. The van der Waals surface area contributed by atoms with E-state index in [1.165, 1.54) is 59.8 Å². The van der Waals surface area contributed by atoms with Gasteiger partial charge in [0.25, 0.3) is 0 Å². The second kappa shape index (κ2) is 15.5. The Morgan fingerprint density at radius 2 is 0.906 bits per heavy atom. The SMILES string of the molecule is N/C(=N\C(=C/Cc1ccccc1-c1ccccc1)c1cc(-n2c3ccccc3c3c4ccccc4ccc32)cc(-n2c3ccccc3c3c4ccccc4ccc32)c1)c1ccccc1. The molecule has 12 aromatic rings. The minimum atomic E-state index is 0.460. The van der Waals surface area contributed by atoms with Gasteiger partial charge < -0.3 is 14.9 Å². The van der Waals surface area contributed by atoms with Gasteiger partial charge >= 0.3 is 0 Å². The van der Waals surface area contributed by atoms with Crippen molar-refractivity contribution in [2.75, 3.05) is 0 Å². The molecule has 0 aliphatic carbocycles. The third-order valence-corrected chi connectivity index (χ3v) is 12.8. The molecular weight excluding hydrogens is 777 g/mol. The maximum Gasteiger partial charge on any atom is 0.131 e. The molecule has 0 bridgehead atoms. The van der Waals surface area contributed by atoms with Crippen molar-refractivity contribution in [1.29, 1.82) is 0 Å². The van der Waals surface area contributed by atoms with Crippen molar-refractivity contribution in [2.45, 2.75) is 6.42 Å². The predicted octanol–water partition coefficient (Wildman–Crippen LogP) is 14.8. The quantitative estimate of drug-likeness (QED) is 0.120. The summed E-state index contributed by atoms with van der Waals surface area (Å²) in [6.45, 7) is 0. The first-order valence-electron chi connectivity index (χ1n) is 21.9. The molecular formula is C60H42N4. The van der Waals surface area contributed by atoms with E-state index in [4.69, 9.17) is 10.7 Å². The molecule has 0 fully saturated rings. The average molecular weight is 819 g/mol. The van der Waals surface area contributed by atoms with Crippen molar-refractivity contribution in [3.8, 4) is 22.5 Å². The lowest BCUT2D eigenvalue weighted by atomic mass is 9.97. The minimum absolute atomic E-state index is 0.460. The van der Waals surface area contributed by atoms with Crippen LogP contribution >= 0.6 is 0 Å². The second-order valence-electron chi connectivity index (χ2n) is 16.5. The van der Waals surface area contributed by atoms with Crippen LogP contribution in [0.4, 0.5) is 0 Å². The first-order valence-corrected chi connectivity index (χ1v) is 21.9. The molecule has 4 heteroatoms. The van der Waals surface area contributed by atoms with Crippen molar-refractivity contribution >= 4 is 76.7 Å². The molecule has 0 amide bonds. The molecule has 2 N–H and O–H groups in total. The number of allylic oxidation sites excluding steroid dienone is 1. The molecule has 12 rings (SSSR count). The molecule has 2 aromatic heterocycles. The molecule has 10 aromatic carbocycles. The Labute approximate surface area is 371 Å². The highest BCUT2D eigenvalue weighted by Crippen LogP contribution is 2.41. The first-order chi connectivity index (χ1) is 31.7. The van der Waals surface area contributed by atoms with E-state index < -0.39 is 0 Å². The van der Waals surface area contributed by atoms with Crippen molar-refractivity contribution in [1.82, 2.24) is 9.13 Å². The summed E-state index contributed by atoms with van der Waals surface area (Å²) in [6.07, 6.45) is 2.90. The number of para-hydroxylation sites is 2. The van der Waals surface area contributed by atoms with Crippen LogP contribution in [0.15, 0.2) is 236 Å². The fourth-order valence-electron chi connectivity index (χ4n) is 9.87. The highest BCUT2D eigenvalue weighted by Gasteiger charge is 2.20. The van der Waals surface area contributed by atoms with E-state index in [0.717, 1.165) is 50.3 Å². The van der Waals surface area contributed by atoms with Crippen LogP contribution in [-0.2, 0) is 6.42 Å². The van der Waals surface area contributed by atoms with Crippen molar-refractivity contribution in [3.63, 3.8) is 0 Å². The van der Waals surface area contributed by atoms with Gasteiger partial charge in [-0.1, -0.05) is 188 Å². The predicted molar refractivity (Wildman–Crippen MR) is 271 cm³/mol. The molecule has 0 aliphatic heterocycles. The van der Waals surface area contributed by atoms with E-state index in [2.05, 4.69) is 209 Å². The number of amidine groups is 1. The smallest absolute Gasteiger partial charge is 0.131 e. The lowest BCUT2D eigenvalue weighted by Gasteiger charge is -2.17. The number of nitrogens with zero attached hydrogens (tertiary/aromatic N) is 3. The Balaban J connectivity index is 1.17. The summed E-state index contributed by atoms with van der Waals surface area (Å²) in [5.74, 6) is 0.460. The topological polar surface area (TPSA) is 48.2 Å². The van der Waals surface area contributed by atoms with Crippen LogP contribution in [0.2, 0.25) is 0 Å². The Morgan fingerprint density at radius 1 is 0.422 bits per heavy atom. The molecule has 64 heavy (non-hydrogen) atoms. The molecule has 302 valence electrons. The van der Waals surface area contributed by atoms with Gasteiger partial charge in [-0.25, -0.2) is 4.99 Å². The molecule has 0 saturated heterocycles. The summed E-state index contributed by atoms with van der Waals surface area (Å²) in [4.78, 5) is 5.35. The number of fused-ring (bicyclic) bond motifs is 10. The highest BCUT2D eigenvalue weighted by molar-refractivity contribution is 6.22. The summed E-state index contributed by atoms with van der Waals surface area (Å²) in [7, 11) is 0. The summed E-state index contributed by atoms with van der Waals surface area (Å²) in [5, 5.41) is 9.81. The number of benzene rings is 10. The lowest BCUT2D eigenvalue weighted by Crippen LogP contribution is -2.13. The fourth-order valence-corrected chi connectivity index (χ4v) is 9.87. The number of hydrogen-bond donors (Lipinski definition) is 1. The summed E-state index contributed by atoms with van der Waals surface area (Å²) in [5.41, 5.74) is 19.8. The largest absolute Gasteiger partial charge is 0.383 e. The first kappa shape index (κ1) is 37.3. The zero-order valence-corrected chi connectivity index (χ0v) is 35.1. The molecule has 0 unspecified atom stereocenters. The van der Waals surface area contributed by atoms with Gasteiger partial charge in [-0.05, 0) is 87.1 Å². The zero-order chi connectivity index (χ0) is 42.6. The van der Waals surface area contributed by atoms with Crippen LogP contribution in [0.3, 0.4) is 0 Å². The Kier molecular flexibility index (Phi) is 9.01. The zero-order valence-electron chi connectivity index (χ0n) is 35.1. The second-order valence-corrected chi connectivity index (χ2v) is 16.5. The molecule has 4 nitrogen and oxygen atoms in total. The number of hydrogen-bond acceptors (Lipinski definition) is 1. The van der Waals surface area contributed by atoms with Crippen molar-refractivity contribution in [3.05, 3.63) is 247 Å². The van der Waals surface area contributed by atoms with Gasteiger partial charge in [0.2, 0.25) is 0 Å². The summed E-state index contributed by atoms with van der Waals surface area (Å²) >= 11 is 0. The van der Waals surface area contributed by atoms with Crippen LogP contribution in [0.25, 0.3) is 93.4 Å². The standard InChI is InChI=1S/C60H42N4/c61-60(44-22-5-2-6-23-44)62-53(34-31-41-19-7-10-24-48(41)40-17-3-1-4-18-40)45-37-46(63-54-29-15-13-27-51(54)58-49-25-11-8-20-42(49)32-35-56(58)63)39-47(38-45)64-55-30-16-14-28-52(55)59-50-26-12-9-21-43(50)33-36-57(59)64/h1-30,32-39H,31H2,(H2,61,62)/b53-34-. The minimum Gasteiger partial charge on any atom is -0.383 e. The molecule has 0 radical (unpaired) electrons. The number of aliphatic imine (C=N–C) groups is 1. The van der Waals surface area contributed by atoms with Crippen molar-refractivity contribution in [2.24, 2.45) is 10.7 Å². The van der Waals surface area contributed by atoms with E-state index >= 15 is 0 Å². The van der Waals surface area contributed by atoms with Gasteiger partial charge in [0.15, 0.2) is 0 Å². The molecule has 0 aliphatic rings. The van der Waals surface area contributed by atoms with Crippen LogP contribution < -0.4 is 5.73 Å². The summed E-state index contributed by atoms with van der Waals surface area (Å²) in [6, 6.07) is 80.3. The van der Waals surface area contributed by atoms with Crippen molar-refractivity contribution < 1.29 is 0 Å². The third kappa shape index (κ3) is 6.27. The maximum absolute atomic E-state index is 6.99. The normalized spacial score (nSPS) is 12.4. The van der Waals surface area contributed by atoms with E-state index in [1.54, 1.807) is 0 Å². The third-order valence-electron chi connectivity index (χ3n) is 12.8. The van der Waals surface area contributed by atoms with Crippen LogP contribution in [0.1, 0.15) is 16.7 Å².